The third-order valence-corrected chi connectivity index (χ3v) is 3.68. The third kappa shape index (κ3) is 2.55. The highest BCUT2D eigenvalue weighted by molar-refractivity contribution is 5.37. The second-order valence-corrected chi connectivity index (χ2v) is 5.17. The average molecular weight is 254 g/mol. The van der Waals surface area contributed by atoms with E-state index in [0.29, 0.717) is 11.7 Å². The number of aromatic nitrogens is 1. The molecule has 1 aromatic heterocycles. The van der Waals surface area contributed by atoms with Crippen LogP contribution in [-0.4, -0.2) is 11.6 Å². The summed E-state index contributed by atoms with van der Waals surface area (Å²) in [6.07, 6.45) is 2.06. The summed E-state index contributed by atoms with van der Waals surface area (Å²) in [5, 5.41) is 0. The SMILES string of the molecule is Cc1nc(N)ccc1C[C@H]1COc2ccccc2C1. The van der Waals surface area contributed by atoms with E-state index in [-0.39, 0.29) is 0 Å². The Morgan fingerprint density at radius 1 is 1.26 bits per heavy atom. The zero-order chi connectivity index (χ0) is 13.2. The number of nitrogens with two attached hydrogens (primary N) is 1. The van der Waals surface area contributed by atoms with Crippen molar-refractivity contribution in [2.75, 3.05) is 12.3 Å². The summed E-state index contributed by atoms with van der Waals surface area (Å²) >= 11 is 0. The predicted octanol–water partition coefficient (Wildman–Crippen LogP) is 2.77. The highest BCUT2D eigenvalue weighted by atomic mass is 16.5. The molecule has 0 spiro atoms. The van der Waals surface area contributed by atoms with E-state index in [1.54, 1.807) is 0 Å². The topological polar surface area (TPSA) is 48.1 Å². The molecule has 1 aromatic carbocycles. The Kier molecular flexibility index (Phi) is 3.11. The molecule has 19 heavy (non-hydrogen) atoms. The van der Waals surface area contributed by atoms with E-state index in [4.69, 9.17) is 10.5 Å². The molecule has 2 heterocycles. The maximum Gasteiger partial charge on any atom is 0.123 e. The molecule has 2 aromatic rings. The molecule has 2 N–H and O–H groups in total. The van der Waals surface area contributed by atoms with Crippen LogP contribution < -0.4 is 10.5 Å². The van der Waals surface area contributed by atoms with Crippen LogP contribution in [0.3, 0.4) is 0 Å². The Morgan fingerprint density at radius 3 is 2.95 bits per heavy atom. The molecule has 0 bridgehead atoms. The third-order valence-electron chi connectivity index (χ3n) is 3.68. The number of anilines is 1. The molecule has 1 aliphatic heterocycles. The van der Waals surface area contributed by atoms with Gasteiger partial charge < -0.3 is 10.5 Å². The summed E-state index contributed by atoms with van der Waals surface area (Å²) in [5.41, 5.74) is 9.29. The fourth-order valence-electron chi connectivity index (χ4n) is 2.66. The van der Waals surface area contributed by atoms with E-state index in [0.717, 1.165) is 30.9 Å². The van der Waals surface area contributed by atoms with Gasteiger partial charge in [0.25, 0.3) is 0 Å². The van der Waals surface area contributed by atoms with Crippen molar-refractivity contribution in [2.24, 2.45) is 5.92 Å². The quantitative estimate of drug-likeness (QED) is 0.896. The predicted molar refractivity (Wildman–Crippen MR) is 76.2 cm³/mol. The Morgan fingerprint density at radius 2 is 2.11 bits per heavy atom. The molecule has 0 unspecified atom stereocenters. The molecule has 1 atom stereocenters. The number of fused-ring (bicyclic) bond motifs is 1. The van der Waals surface area contributed by atoms with Crippen molar-refractivity contribution in [3.8, 4) is 5.75 Å². The van der Waals surface area contributed by atoms with Crippen molar-refractivity contribution in [3.63, 3.8) is 0 Å². The van der Waals surface area contributed by atoms with Gasteiger partial charge in [0, 0.05) is 11.6 Å². The van der Waals surface area contributed by atoms with Crippen LogP contribution in [0.2, 0.25) is 0 Å². The molecule has 0 aliphatic carbocycles. The van der Waals surface area contributed by atoms with Crippen LogP contribution in [0.15, 0.2) is 36.4 Å². The van der Waals surface area contributed by atoms with E-state index in [9.17, 15) is 0 Å². The van der Waals surface area contributed by atoms with Crippen molar-refractivity contribution < 1.29 is 4.74 Å². The lowest BCUT2D eigenvalue weighted by atomic mass is 9.90. The first-order valence-corrected chi connectivity index (χ1v) is 6.65. The van der Waals surface area contributed by atoms with Crippen molar-refractivity contribution in [1.82, 2.24) is 4.98 Å². The monoisotopic (exact) mass is 254 g/mol. The van der Waals surface area contributed by atoms with Gasteiger partial charge in [0.05, 0.1) is 6.61 Å². The summed E-state index contributed by atoms with van der Waals surface area (Å²) in [5.74, 6) is 2.14. The van der Waals surface area contributed by atoms with Crippen molar-refractivity contribution in [2.45, 2.75) is 19.8 Å². The summed E-state index contributed by atoms with van der Waals surface area (Å²) < 4.78 is 5.83. The van der Waals surface area contributed by atoms with Crippen LogP contribution in [0.5, 0.6) is 5.75 Å². The van der Waals surface area contributed by atoms with Crippen molar-refractivity contribution in [1.29, 1.82) is 0 Å². The molecular formula is C16H18N2O. The minimum absolute atomic E-state index is 0.513. The minimum atomic E-state index is 0.513. The smallest absolute Gasteiger partial charge is 0.123 e. The number of aryl methyl sites for hydroxylation is 1. The first kappa shape index (κ1) is 12.0. The number of nitrogens with zero attached hydrogens (tertiary/aromatic N) is 1. The molecule has 0 radical (unpaired) electrons. The van der Waals surface area contributed by atoms with Crippen LogP contribution in [0.1, 0.15) is 16.8 Å². The molecule has 0 fully saturated rings. The summed E-state index contributed by atoms with van der Waals surface area (Å²) in [6.45, 7) is 2.80. The molecule has 0 saturated carbocycles. The van der Waals surface area contributed by atoms with Crippen LogP contribution in [-0.2, 0) is 12.8 Å². The largest absolute Gasteiger partial charge is 0.493 e. The molecule has 98 valence electrons. The maximum atomic E-state index is 5.83. The second-order valence-electron chi connectivity index (χ2n) is 5.17. The Labute approximate surface area is 113 Å². The molecule has 0 saturated heterocycles. The Balaban J connectivity index is 1.75. The van der Waals surface area contributed by atoms with Crippen molar-refractivity contribution >= 4 is 5.82 Å². The van der Waals surface area contributed by atoms with E-state index in [1.165, 1.54) is 11.1 Å². The maximum absolute atomic E-state index is 5.83. The molecule has 3 heteroatoms. The number of pyridine rings is 1. The minimum Gasteiger partial charge on any atom is -0.493 e. The number of hydrogen-bond acceptors (Lipinski definition) is 3. The first-order chi connectivity index (χ1) is 9.22. The highest BCUT2D eigenvalue weighted by Crippen LogP contribution is 2.28. The van der Waals surface area contributed by atoms with Gasteiger partial charge in [-0.2, -0.15) is 0 Å². The van der Waals surface area contributed by atoms with Crippen LogP contribution >= 0.6 is 0 Å². The number of benzene rings is 1. The lowest BCUT2D eigenvalue weighted by Gasteiger charge is -2.25. The number of para-hydroxylation sites is 1. The summed E-state index contributed by atoms with van der Waals surface area (Å²) in [4.78, 5) is 4.32. The van der Waals surface area contributed by atoms with Gasteiger partial charge in [-0.15, -0.1) is 0 Å². The highest BCUT2D eigenvalue weighted by Gasteiger charge is 2.20. The van der Waals surface area contributed by atoms with Crippen LogP contribution in [0, 0.1) is 12.8 Å². The van der Waals surface area contributed by atoms with E-state index >= 15 is 0 Å². The van der Waals surface area contributed by atoms with E-state index in [2.05, 4.69) is 23.2 Å². The summed E-state index contributed by atoms with van der Waals surface area (Å²) in [7, 11) is 0. The van der Waals surface area contributed by atoms with Gasteiger partial charge in [0.15, 0.2) is 0 Å². The van der Waals surface area contributed by atoms with Gasteiger partial charge in [0.1, 0.15) is 11.6 Å². The van der Waals surface area contributed by atoms with Gasteiger partial charge in [-0.3, -0.25) is 0 Å². The van der Waals surface area contributed by atoms with E-state index < -0.39 is 0 Å². The van der Waals surface area contributed by atoms with Crippen LogP contribution in [0.25, 0.3) is 0 Å². The molecule has 1 aliphatic rings. The van der Waals surface area contributed by atoms with Crippen LogP contribution in [0.4, 0.5) is 5.82 Å². The molecular weight excluding hydrogens is 236 g/mol. The summed E-state index contributed by atoms with van der Waals surface area (Å²) in [6, 6.07) is 12.2. The van der Waals surface area contributed by atoms with Gasteiger partial charge in [-0.25, -0.2) is 4.98 Å². The van der Waals surface area contributed by atoms with Gasteiger partial charge in [0.2, 0.25) is 0 Å². The van der Waals surface area contributed by atoms with Gasteiger partial charge in [-0.05, 0) is 43.0 Å². The zero-order valence-electron chi connectivity index (χ0n) is 11.1. The van der Waals surface area contributed by atoms with Crippen molar-refractivity contribution in [3.05, 3.63) is 53.2 Å². The average Bonchev–Trinajstić information content (AvgIpc) is 2.42. The Bertz CT molecular complexity index is 595. The molecule has 0 amide bonds. The fourth-order valence-corrected chi connectivity index (χ4v) is 2.66. The lowest BCUT2D eigenvalue weighted by molar-refractivity contribution is 0.221. The Hall–Kier alpha value is -2.03. The van der Waals surface area contributed by atoms with Gasteiger partial charge >= 0.3 is 0 Å². The first-order valence-electron chi connectivity index (χ1n) is 6.65. The second kappa shape index (κ2) is 4.92. The normalized spacial score (nSPS) is 17.6. The molecule has 3 nitrogen and oxygen atoms in total. The lowest BCUT2D eigenvalue weighted by Crippen LogP contribution is -2.23. The zero-order valence-corrected chi connectivity index (χ0v) is 11.1. The van der Waals surface area contributed by atoms with Gasteiger partial charge in [-0.1, -0.05) is 24.3 Å². The fraction of sp³-hybridized carbons (Fsp3) is 0.312. The number of ether oxygens (including phenoxy) is 1. The number of nitrogen functional groups attached to an aromatic ring is 1. The standard InChI is InChI=1S/C16H18N2O/c1-11-13(6-7-16(17)18-11)8-12-9-14-4-2-3-5-15(14)19-10-12/h2-7,12H,8-10H2,1H3,(H2,17,18)/t12-/m1/s1. The van der Waals surface area contributed by atoms with E-state index in [1.807, 2.05) is 25.1 Å². The number of hydrogen-bond donors (Lipinski definition) is 1. The number of rotatable bonds is 2. The molecule has 3 rings (SSSR count).